The Hall–Kier alpha value is -3.42. The van der Waals surface area contributed by atoms with E-state index in [1.807, 2.05) is 19.2 Å². The van der Waals surface area contributed by atoms with Gasteiger partial charge >= 0.3 is 12.2 Å². The lowest BCUT2D eigenvalue weighted by atomic mass is 10.2. The number of carbonyl (C=O) groups is 2. The molecule has 0 atom stereocenters. The normalized spacial score (nSPS) is 11.5. The first kappa shape index (κ1) is 32.1. The molecule has 0 saturated carbocycles. The van der Waals surface area contributed by atoms with Crippen LogP contribution in [0.2, 0.25) is 5.02 Å². The van der Waals surface area contributed by atoms with Crippen LogP contribution in [-0.4, -0.2) is 29.3 Å². The molecule has 0 unspecified atom stereocenters. The molecule has 3 rings (SSSR count). The van der Waals surface area contributed by atoms with Gasteiger partial charge < -0.3 is 4.74 Å². The molecule has 1 N–H and O–H groups in total. The molecule has 3 amide bonds. The SMILES string of the molecule is CCCN(CCC)SN(C(=O)NC(=O)c1c(F)cccc1F)c1ccc(Oc2ccc(C(F)(F)F)cc2Cl)cc1F. The number of urea groups is 1. The molecular formula is C27H24ClF6N3O3S. The second-order valence-corrected chi connectivity index (χ2v) is 9.97. The lowest BCUT2D eigenvalue weighted by Crippen LogP contribution is -2.42. The average molecular weight is 620 g/mol. The van der Waals surface area contributed by atoms with Crippen LogP contribution < -0.4 is 14.4 Å². The zero-order chi connectivity index (χ0) is 30.3. The second-order valence-electron chi connectivity index (χ2n) is 8.52. The van der Waals surface area contributed by atoms with E-state index in [4.69, 9.17) is 16.3 Å². The quantitative estimate of drug-likeness (QED) is 0.182. The summed E-state index contributed by atoms with van der Waals surface area (Å²) in [6, 6.07) is 7.19. The average Bonchev–Trinajstić information content (AvgIpc) is 2.88. The third kappa shape index (κ3) is 8.30. The smallest absolute Gasteiger partial charge is 0.416 e. The topological polar surface area (TPSA) is 61.9 Å². The van der Waals surface area contributed by atoms with E-state index in [1.54, 1.807) is 4.31 Å². The van der Waals surface area contributed by atoms with Crippen LogP contribution in [0.3, 0.4) is 0 Å². The molecule has 0 aromatic heterocycles. The number of alkyl halides is 3. The molecule has 0 heterocycles. The number of benzene rings is 3. The van der Waals surface area contributed by atoms with Crippen LogP contribution >= 0.6 is 23.7 Å². The maximum atomic E-state index is 15.4. The summed E-state index contributed by atoms with van der Waals surface area (Å²) in [6.45, 7) is 4.73. The number of rotatable bonds is 10. The monoisotopic (exact) mass is 619 g/mol. The van der Waals surface area contributed by atoms with Gasteiger partial charge in [-0.1, -0.05) is 31.5 Å². The Bertz CT molecular complexity index is 1380. The van der Waals surface area contributed by atoms with E-state index in [1.165, 1.54) is 6.07 Å². The first-order valence-electron chi connectivity index (χ1n) is 12.2. The zero-order valence-electron chi connectivity index (χ0n) is 21.7. The highest BCUT2D eigenvalue weighted by atomic mass is 35.5. The highest BCUT2D eigenvalue weighted by Crippen LogP contribution is 2.38. The Labute approximate surface area is 241 Å². The van der Waals surface area contributed by atoms with Gasteiger partial charge in [0.25, 0.3) is 5.91 Å². The number of hydrogen-bond acceptors (Lipinski definition) is 5. The molecule has 220 valence electrons. The molecule has 0 radical (unpaired) electrons. The van der Waals surface area contributed by atoms with Gasteiger partial charge in [0.15, 0.2) is 5.82 Å². The van der Waals surface area contributed by atoms with Gasteiger partial charge in [0, 0.05) is 31.3 Å². The van der Waals surface area contributed by atoms with E-state index in [0.29, 0.717) is 32.0 Å². The first-order chi connectivity index (χ1) is 19.3. The maximum absolute atomic E-state index is 15.4. The number of halogens is 7. The fourth-order valence-corrected chi connectivity index (χ4v) is 4.86. The summed E-state index contributed by atoms with van der Waals surface area (Å²) in [4.78, 5) is 25.7. The molecule has 0 bridgehead atoms. The number of carbonyl (C=O) groups excluding carboxylic acids is 2. The van der Waals surface area contributed by atoms with Crippen molar-refractivity contribution in [1.29, 1.82) is 0 Å². The molecule has 0 aliphatic carbocycles. The minimum absolute atomic E-state index is 0.151. The number of hydrogen-bond donors (Lipinski definition) is 1. The Morgan fingerprint density at radius 2 is 1.56 bits per heavy atom. The van der Waals surface area contributed by atoms with Gasteiger partial charge in [-0.05, 0) is 55.3 Å². The number of ether oxygens (including phenoxy) is 1. The van der Waals surface area contributed by atoms with Crippen molar-refractivity contribution < 1.29 is 40.7 Å². The van der Waals surface area contributed by atoms with Crippen molar-refractivity contribution in [2.45, 2.75) is 32.9 Å². The summed E-state index contributed by atoms with van der Waals surface area (Å²) in [6.07, 6.45) is -3.28. The number of amides is 3. The van der Waals surface area contributed by atoms with Crippen molar-refractivity contribution in [3.63, 3.8) is 0 Å². The van der Waals surface area contributed by atoms with Gasteiger partial charge in [0.2, 0.25) is 0 Å². The van der Waals surface area contributed by atoms with Gasteiger partial charge in [-0.2, -0.15) is 13.2 Å². The fraction of sp³-hybridized carbons (Fsp3) is 0.259. The van der Waals surface area contributed by atoms with E-state index in [0.717, 1.165) is 58.9 Å². The Kier molecular flexibility index (Phi) is 10.9. The number of anilines is 1. The summed E-state index contributed by atoms with van der Waals surface area (Å²) in [5, 5.41) is 1.52. The lowest BCUT2D eigenvalue weighted by Gasteiger charge is -2.28. The molecule has 0 aliphatic heterocycles. The third-order valence-electron chi connectivity index (χ3n) is 5.36. The van der Waals surface area contributed by atoms with Crippen molar-refractivity contribution in [3.8, 4) is 11.5 Å². The van der Waals surface area contributed by atoms with Crippen molar-refractivity contribution in [1.82, 2.24) is 9.62 Å². The Morgan fingerprint density at radius 1 is 0.927 bits per heavy atom. The highest BCUT2D eigenvalue weighted by molar-refractivity contribution is 7.99. The van der Waals surface area contributed by atoms with Gasteiger partial charge in [0.05, 0.1) is 16.3 Å². The maximum Gasteiger partial charge on any atom is 0.416 e. The predicted octanol–water partition coefficient (Wildman–Crippen LogP) is 8.61. The van der Waals surface area contributed by atoms with E-state index in [-0.39, 0.29) is 22.2 Å². The number of nitrogens with one attached hydrogen (secondary N) is 1. The molecule has 0 fully saturated rings. The van der Waals surface area contributed by atoms with E-state index in [2.05, 4.69) is 0 Å². The van der Waals surface area contributed by atoms with E-state index < -0.39 is 46.7 Å². The molecule has 0 saturated heterocycles. The molecule has 3 aromatic carbocycles. The predicted molar refractivity (Wildman–Crippen MR) is 144 cm³/mol. The first-order valence-corrected chi connectivity index (χ1v) is 13.3. The largest absolute Gasteiger partial charge is 0.456 e. The summed E-state index contributed by atoms with van der Waals surface area (Å²) < 4.78 is 90.3. The summed E-state index contributed by atoms with van der Waals surface area (Å²) in [5.74, 6) is -5.09. The van der Waals surface area contributed by atoms with Crippen LogP contribution in [0.1, 0.15) is 42.6 Å². The van der Waals surface area contributed by atoms with Crippen molar-refractivity contribution >= 4 is 41.4 Å². The Morgan fingerprint density at radius 3 is 2.10 bits per heavy atom. The molecule has 3 aromatic rings. The minimum atomic E-state index is -4.62. The van der Waals surface area contributed by atoms with E-state index in [9.17, 15) is 31.5 Å². The molecule has 41 heavy (non-hydrogen) atoms. The van der Waals surface area contributed by atoms with Crippen LogP contribution in [0.25, 0.3) is 0 Å². The van der Waals surface area contributed by atoms with Crippen LogP contribution in [0.5, 0.6) is 11.5 Å². The van der Waals surface area contributed by atoms with Crippen molar-refractivity contribution in [3.05, 3.63) is 88.2 Å². The Balaban J connectivity index is 1.91. The summed E-state index contributed by atoms with van der Waals surface area (Å²) >= 11 is 6.69. The van der Waals surface area contributed by atoms with Gasteiger partial charge in [-0.15, -0.1) is 0 Å². The number of imide groups is 1. The summed E-state index contributed by atoms with van der Waals surface area (Å²) in [7, 11) is 0. The molecule has 14 heteroatoms. The van der Waals surface area contributed by atoms with Crippen LogP contribution in [0.4, 0.5) is 36.8 Å². The molecular weight excluding hydrogens is 596 g/mol. The highest BCUT2D eigenvalue weighted by Gasteiger charge is 2.31. The van der Waals surface area contributed by atoms with Gasteiger partial charge in [0.1, 0.15) is 28.7 Å². The minimum Gasteiger partial charge on any atom is -0.456 e. The van der Waals surface area contributed by atoms with Crippen LogP contribution in [0.15, 0.2) is 54.6 Å². The van der Waals surface area contributed by atoms with E-state index >= 15 is 4.39 Å². The zero-order valence-corrected chi connectivity index (χ0v) is 23.3. The second kappa shape index (κ2) is 14.0. The lowest BCUT2D eigenvalue weighted by molar-refractivity contribution is -0.137. The van der Waals surface area contributed by atoms with Crippen molar-refractivity contribution in [2.24, 2.45) is 0 Å². The molecule has 0 spiro atoms. The fourth-order valence-electron chi connectivity index (χ4n) is 3.53. The summed E-state index contributed by atoms with van der Waals surface area (Å²) in [5.41, 5.74) is -2.32. The standard InChI is InChI=1S/C27H24ClF6N3O3S/c1-3-12-36(13-4-2)41-37(26(39)35-25(38)24-19(29)6-5-7-20(24)30)22-10-9-17(15-21(22)31)40-23-11-8-16(14-18(23)28)27(32,33)34/h5-11,14-15H,3-4,12-13H2,1-2H3,(H,35,38,39). The van der Waals surface area contributed by atoms with Gasteiger partial charge in [-0.25, -0.2) is 26.6 Å². The van der Waals surface area contributed by atoms with Crippen molar-refractivity contribution in [2.75, 3.05) is 17.4 Å². The molecule has 6 nitrogen and oxygen atoms in total. The van der Waals surface area contributed by atoms with Crippen LogP contribution in [0, 0.1) is 17.5 Å². The molecule has 0 aliphatic rings. The number of nitrogens with zero attached hydrogens (tertiary/aromatic N) is 2. The van der Waals surface area contributed by atoms with Crippen LogP contribution in [-0.2, 0) is 6.18 Å². The third-order valence-corrected chi connectivity index (χ3v) is 6.78. The van der Waals surface area contributed by atoms with Gasteiger partial charge in [-0.3, -0.25) is 10.1 Å².